The van der Waals surface area contributed by atoms with Crippen LogP contribution in [0.1, 0.15) is 27.8 Å². The molecule has 1 aliphatic rings. The number of ether oxygens (including phenoxy) is 2. The van der Waals surface area contributed by atoms with Crippen molar-refractivity contribution in [3.63, 3.8) is 0 Å². The molecule has 1 saturated heterocycles. The molecule has 38 heavy (non-hydrogen) atoms. The number of urea groups is 1. The smallest absolute Gasteiger partial charge is 0.335 e. The molecule has 3 aromatic carbocycles. The summed E-state index contributed by atoms with van der Waals surface area (Å²) in [6.07, 6.45) is 3.65. The Labute approximate surface area is 229 Å². The lowest BCUT2D eigenvalue weighted by Gasteiger charge is -2.27. The first kappa shape index (κ1) is 26.9. The third-order valence-corrected chi connectivity index (χ3v) is 6.44. The third kappa shape index (κ3) is 5.86. The van der Waals surface area contributed by atoms with Gasteiger partial charge in [-0.25, -0.2) is 9.69 Å². The van der Waals surface area contributed by atoms with Crippen molar-refractivity contribution in [2.24, 2.45) is 0 Å². The van der Waals surface area contributed by atoms with E-state index in [9.17, 15) is 14.4 Å². The molecule has 3 aromatic rings. The van der Waals surface area contributed by atoms with Crippen molar-refractivity contribution >= 4 is 45.5 Å². The largest absolute Gasteiger partial charge is 0.493 e. The molecule has 1 heterocycles. The van der Waals surface area contributed by atoms with Crippen LogP contribution in [0, 0.1) is 13.8 Å². The highest BCUT2D eigenvalue weighted by Crippen LogP contribution is 2.35. The van der Waals surface area contributed by atoms with Gasteiger partial charge in [0.15, 0.2) is 11.5 Å². The zero-order chi connectivity index (χ0) is 27.4. The van der Waals surface area contributed by atoms with E-state index >= 15 is 0 Å². The van der Waals surface area contributed by atoms with E-state index in [1.807, 2.05) is 50.2 Å². The number of rotatable bonds is 8. The quantitative estimate of drug-likeness (QED) is 0.201. The molecule has 0 bridgehead atoms. The number of allylic oxidation sites excluding steroid dienone is 1. The van der Waals surface area contributed by atoms with Crippen LogP contribution < -0.4 is 19.7 Å². The molecular weight excluding hydrogens is 548 g/mol. The van der Waals surface area contributed by atoms with Crippen LogP contribution in [0.15, 0.2) is 77.3 Å². The van der Waals surface area contributed by atoms with Crippen molar-refractivity contribution in [3.8, 4) is 11.5 Å². The van der Waals surface area contributed by atoms with E-state index < -0.39 is 17.8 Å². The van der Waals surface area contributed by atoms with E-state index in [4.69, 9.17) is 9.47 Å². The highest BCUT2D eigenvalue weighted by atomic mass is 79.9. The molecule has 4 amide bonds. The van der Waals surface area contributed by atoms with Gasteiger partial charge in [-0.3, -0.25) is 14.9 Å². The second-order valence-corrected chi connectivity index (χ2v) is 9.84. The Morgan fingerprint density at radius 1 is 1.00 bits per heavy atom. The summed E-state index contributed by atoms with van der Waals surface area (Å²) in [4.78, 5) is 39.7. The fourth-order valence-corrected chi connectivity index (χ4v) is 4.53. The zero-order valence-corrected chi connectivity index (χ0v) is 22.9. The molecule has 0 aliphatic carbocycles. The number of hydrogen-bond acceptors (Lipinski definition) is 5. The van der Waals surface area contributed by atoms with Crippen LogP contribution in [0.25, 0.3) is 6.08 Å². The molecule has 1 N–H and O–H groups in total. The molecule has 7 nitrogen and oxygen atoms in total. The van der Waals surface area contributed by atoms with Gasteiger partial charge in [0, 0.05) is 10.0 Å². The van der Waals surface area contributed by atoms with Crippen molar-refractivity contribution in [2.45, 2.75) is 26.9 Å². The number of halogens is 1. The van der Waals surface area contributed by atoms with E-state index in [1.54, 1.807) is 24.3 Å². The number of barbiturate groups is 1. The molecule has 1 fully saturated rings. The zero-order valence-electron chi connectivity index (χ0n) is 21.3. The van der Waals surface area contributed by atoms with Crippen molar-refractivity contribution in [1.82, 2.24) is 5.32 Å². The molecule has 194 valence electrons. The minimum atomic E-state index is -0.788. The number of methoxy groups -OCH3 is 1. The number of nitrogens with one attached hydrogen (secondary N) is 1. The summed E-state index contributed by atoms with van der Waals surface area (Å²) in [6, 6.07) is 15.9. The van der Waals surface area contributed by atoms with Crippen LogP contribution in [0.2, 0.25) is 0 Å². The number of carbonyl (C=O) groups excluding carboxylic acids is 3. The maximum absolute atomic E-state index is 13.4. The maximum atomic E-state index is 13.4. The summed E-state index contributed by atoms with van der Waals surface area (Å²) in [5.74, 6) is -0.480. The van der Waals surface area contributed by atoms with Gasteiger partial charge in [0.25, 0.3) is 11.8 Å². The first-order valence-corrected chi connectivity index (χ1v) is 12.7. The second-order valence-electron chi connectivity index (χ2n) is 8.92. The summed E-state index contributed by atoms with van der Waals surface area (Å²) in [5.41, 5.74) is 4.30. The first-order chi connectivity index (χ1) is 18.2. The summed E-state index contributed by atoms with van der Waals surface area (Å²) in [6.45, 7) is 7.91. The predicted molar refractivity (Wildman–Crippen MR) is 150 cm³/mol. The molecule has 0 aromatic heterocycles. The Morgan fingerprint density at radius 3 is 2.32 bits per heavy atom. The fourth-order valence-electron chi connectivity index (χ4n) is 4.26. The monoisotopic (exact) mass is 574 g/mol. The number of nitrogens with zero attached hydrogens (tertiary/aromatic N) is 1. The Bertz CT molecular complexity index is 1440. The summed E-state index contributed by atoms with van der Waals surface area (Å²) < 4.78 is 12.7. The van der Waals surface area contributed by atoms with Crippen LogP contribution in [-0.2, 0) is 22.6 Å². The van der Waals surface area contributed by atoms with E-state index in [2.05, 4.69) is 27.8 Å². The molecule has 4 rings (SSSR count). The summed E-state index contributed by atoms with van der Waals surface area (Å²) >= 11 is 3.43. The lowest BCUT2D eigenvalue weighted by atomic mass is 10.0. The van der Waals surface area contributed by atoms with Crippen molar-refractivity contribution in [2.75, 3.05) is 12.0 Å². The Balaban J connectivity index is 1.70. The average molecular weight is 575 g/mol. The van der Waals surface area contributed by atoms with Gasteiger partial charge in [-0.1, -0.05) is 40.2 Å². The van der Waals surface area contributed by atoms with Crippen LogP contribution in [-0.4, -0.2) is 25.0 Å². The molecule has 0 saturated carbocycles. The van der Waals surface area contributed by atoms with Gasteiger partial charge in [-0.15, -0.1) is 6.58 Å². The average Bonchev–Trinajstić information content (AvgIpc) is 2.86. The SMILES string of the molecule is C=CCc1cc(/C=C2\C(=O)NC(=O)N(c3cc(C)cc(C)c3)C2=O)cc(OC)c1OCc1ccc(Br)cc1. The molecule has 0 radical (unpaired) electrons. The molecular formula is C30H27BrN2O5. The van der Waals surface area contributed by atoms with Crippen LogP contribution >= 0.6 is 15.9 Å². The topological polar surface area (TPSA) is 84.9 Å². The Hall–Kier alpha value is -4.17. The van der Waals surface area contributed by atoms with Gasteiger partial charge in [0.2, 0.25) is 0 Å². The number of anilines is 1. The van der Waals surface area contributed by atoms with Gasteiger partial charge < -0.3 is 9.47 Å². The number of benzene rings is 3. The molecule has 0 unspecified atom stereocenters. The normalized spacial score (nSPS) is 14.5. The highest BCUT2D eigenvalue weighted by Gasteiger charge is 2.37. The highest BCUT2D eigenvalue weighted by molar-refractivity contribution is 9.10. The van der Waals surface area contributed by atoms with Gasteiger partial charge >= 0.3 is 6.03 Å². The Kier molecular flexibility index (Phi) is 8.12. The lowest BCUT2D eigenvalue weighted by molar-refractivity contribution is -0.122. The standard InChI is InChI=1S/C30H27BrN2O5/c1-5-6-22-14-21(16-26(37-4)27(22)38-17-20-7-9-23(31)10-8-20)15-25-28(34)32-30(36)33(29(25)35)24-12-18(2)11-19(3)13-24/h5,7-16H,1,6,17H2,2-4H3,(H,32,34,36)/b25-15+. The number of imide groups is 2. The minimum Gasteiger partial charge on any atom is -0.493 e. The fraction of sp³-hybridized carbons (Fsp3) is 0.167. The van der Waals surface area contributed by atoms with Gasteiger partial charge in [0.05, 0.1) is 12.8 Å². The predicted octanol–water partition coefficient (Wildman–Crippen LogP) is 6.05. The van der Waals surface area contributed by atoms with Gasteiger partial charge in [-0.2, -0.15) is 0 Å². The molecule has 0 atom stereocenters. The third-order valence-electron chi connectivity index (χ3n) is 5.91. The van der Waals surface area contributed by atoms with E-state index in [0.717, 1.165) is 31.6 Å². The number of hydrogen-bond donors (Lipinski definition) is 1. The summed E-state index contributed by atoms with van der Waals surface area (Å²) in [5, 5.41) is 2.27. The van der Waals surface area contributed by atoms with E-state index in [1.165, 1.54) is 13.2 Å². The van der Waals surface area contributed by atoms with Gasteiger partial charge in [0.1, 0.15) is 12.2 Å². The van der Waals surface area contributed by atoms with Crippen molar-refractivity contribution in [1.29, 1.82) is 0 Å². The Morgan fingerprint density at radius 2 is 1.68 bits per heavy atom. The maximum Gasteiger partial charge on any atom is 0.335 e. The van der Waals surface area contributed by atoms with Crippen molar-refractivity contribution < 1.29 is 23.9 Å². The molecule has 8 heteroatoms. The van der Waals surface area contributed by atoms with E-state index in [0.29, 0.717) is 35.8 Å². The molecule has 1 aliphatic heterocycles. The number of amides is 4. The van der Waals surface area contributed by atoms with Crippen LogP contribution in [0.4, 0.5) is 10.5 Å². The number of carbonyl (C=O) groups is 3. The van der Waals surface area contributed by atoms with Gasteiger partial charge in [-0.05, 0) is 85.0 Å². The van der Waals surface area contributed by atoms with Crippen LogP contribution in [0.3, 0.4) is 0 Å². The summed E-state index contributed by atoms with van der Waals surface area (Å²) in [7, 11) is 1.52. The first-order valence-electron chi connectivity index (χ1n) is 11.9. The minimum absolute atomic E-state index is 0.168. The van der Waals surface area contributed by atoms with E-state index in [-0.39, 0.29) is 5.57 Å². The van der Waals surface area contributed by atoms with Crippen molar-refractivity contribution in [3.05, 3.63) is 105 Å². The van der Waals surface area contributed by atoms with Crippen LogP contribution in [0.5, 0.6) is 11.5 Å². The second kappa shape index (κ2) is 11.5. The number of aryl methyl sites for hydroxylation is 2. The lowest BCUT2D eigenvalue weighted by Crippen LogP contribution is -2.54. The molecule has 0 spiro atoms.